The highest BCUT2D eigenvalue weighted by molar-refractivity contribution is 7.15. The van der Waals surface area contributed by atoms with Gasteiger partial charge in [-0.15, -0.1) is 11.3 Å². The van der Waals surface area contributed by atoms with E-state index in [0.29, 0.717) is 17.5 Å². The minimum atomic E-state index is -0.277. The van der Waals surface area contributed by atoms with Crippen LogP contribution in [0.15, 0.2) is 35.8 Å². The molecule has 2 aromatic heterocycles. The van der Waals surface area contributed by atoms with Crippen molar-refractivity contribution in [1.82, 2.24) is 14.3 Å². The Kier molecular flexibility index (Phi) is 4.55. The summed E-state index contributed by atoms with van der Waals surface area (Å²) < 4.78 is 15.6. The standard InChI is InChI=1S/C21H23FN4OS/c22-16-7-2-8-17(12-16)23-21-24-18(20-26(21)10-11-28-20)15-6-3-9-25(13-15)19(27)14-4-1-5-14/h2,7-8,10-12,14-15H,1,3-6,9,13H2,(H,23,24). The Hall–Kier alpha value is -2.41. The molecule has 1 N–H and O–H groups in total. The first-order valence-electron chi connectivity index (χ1n) is 9.96. The molecule has 0 radical (unpaired) electrons. The Labute approximate surface area is 167 Å². The molecule has 1 aromatic carbocycles. The lowest BCUT2D eigenvalue weighted by molar-refractivity contribution is -0.139. The van der Waals surface area contributed by atoms with Crippen molar-refractivity contribution in [2.24, 2.45) is 5.92 Å². The number of hydrogen-bond acceptors (Lipinski definition) is 4. The van der Waals surface area contributed by atoms with Crippen LogP contribution in [0.5, 0.6) is 0 Å². The van der Waals surface area contributed by atoms with E-state index in [4.69, 9.17) is 4.98 Å². The predicted octanol–water partition coefficient (Wildman–Crippen LogP) is 4.78. The summed E-state index contributed by atoms with van der Waals surface area (Å²) in [7, 11) is 0. The number of rotatable bonds is 4. The number of anilines is 2. The van der Waals surface area contributed by atoms with Gasteiger partial charge in [-0.2, -0.15) is 0 Å². The highest BCUT2D eigenvalue weighted by atomic mass is 32.1. The first-order chi connectivity index (χ1) is 13.7. The number of halogens is 1. The first-order valence-corrected chi connectivity index (χ1v) is 10.8. The molecule has 5 nitrogen and oxygen atoms in total. The van der Waals surface area contributed by atoms with Crippen molar-refractivity contribution in [3.05, 3.63) is 47.4 Å². The molecule has 146 valence electrons. The number of imidazole rings is 1. The molecule has 5 rings (SSSR count). The van der Waals surface area contributed by atoms with Crippen LogP contribution in [-0.4, -0.2) is 33.3 Å². The minimum absolute atomic E-state index is 0.243. The van der Waals surface area contributed by atoms with E-state index in [2.05, 4.69) is 10.2 Å². The average Bonchev–Trinajstić information content (AvgIpc) is 3.24. The van der Waals surface area contributed by atoms with E-state index >= 15 is 0 Å². The van der Waals surface area contributed by atoms with E-state index in [9.17, 15) is 9.18 Å². The first kappa shape index (κ1) is 17.7. The Bertz CT molecular complexity index is 1010. The largest absolute Gasteiger partial charge is 0.342 e. The maximum atomic E-state index is 13.5. The molecular weight excluding hydrogens is 375 g/mol. The number of benzene rings is 1. The summed E-state index contributed by atoms with van der Waals surface area (Å²) in [6.07, 6.45) is 7.30. The summed E-state index contributed by atoms with van der Waals surface area (Å²) in [5, 5.41) is 5.28. The number of carbonyl (C=O) groups excluding carboxylic acids is 1. The third kappa shape index (κ3) is 3.17. The van der Waals surface area contributed by atoms with Crippen LogP contribution in [0.2, 0.25) is 0 Å². The van der Waals surface area contributed by atoms with E-state index in [1.807, 2.05) is 22.0 Å². The second-order valence-corrected chi connectivity index (χ2v) is 8.68. The Morgan fingerprint density at radius 3 is 2.93 bits per heavy atom. The van der Waals surface area contributed by atoms with Gasteiger partial charge in [-0.3, -0.25) is 9.20 Å². The average molecular weight is 399 g/mol. The monoisotopic (exact) mass is 398 g/mol. The molecule has 1 aliphatic heterocycles. The van der Waals surface area contributed by atoms with Crippen LogP contribution in [0.25, 0.3) is 4.83 Å². The zero-order valence-electron chi connectivity index (χ0n) is 15.6. The molecule has 0 bridgehead atoms. The Morgan fingerprint density at radius 1 is 1.25 bits per heavy atom. The molecular formula is C21H23FN4OS. The van der Waals surface area contributed by atoms with Crippen molar-refractivity contribution in [3.8, 4) is 0 Å². The van der Waals surface area contributed by atoms with E-state index in [0.717, 1.165) is 49.3 Å². The van der Waals surface area contributed by atoms with Gasteiger partial charge in [0.05, 0.1) is 5.69 Å². The van der Waals surface area contributed by atoms with Gasteiger partial charge in [-0.05, 0) is 43.9 Å². The van der Waals surface area contributed by atoms with Crippen molar-refractivity contribution in [1.29, 1.82) is 0 Å². The Morgan fingerprint density at radius 2 is 2.14 bits per heavy atom. The highest BCUT2D eigenvalue weighted by Crippen LogP contribution is 2.36. The van der Waals surface area contributed by atoms with Crippen molar-refractivity contribution >= 4 is 33.7 Å². The lowest BCUT2D eigenvalue weighted by atomic mass is 9.83. The van der Waals surface area contributed by atoms with E-state index < -0.39 is 0 Å². The lowest BCUT2D eigenvalue weighted by Crippen LogP contribution is -2.44. The molecule has 7 heteroatoms. The van der Waals surface area contributed by atoms with E-state index in [-0.39, 0.29) is 17.7 Å². The number of nitrogens with one attached hydrogen (secondary N) is 1. The number of fused-ring (bicyclic) bond motifs is 1. The quantitative estimate of drug-likeness (QED) is 0.688. The molecule has 2 fully saturated rings. The van der Waals surface area contributed by atoms with Gasteiger partial charge < -0.3 is 10.2 Å². The second-order valence-electron chi connectivity index (χ2n) is 7.79. The molecule has 0 spiro atoms. The fraction of sp³-hybridized carbons (Fsp3) is 0.429. The predicted molar refractivity (Wildman–Crippen MR) is 109 cm³/mol. The van der Waals surface area contributed by atoms with Gasteiger partial charge in [0.1, 0.15) is 10.6 Å². The normalized spacial score (nSPS) is 20.3. The smallest absolute Gasteiger partial charge is 0.225 e. The van der Waals surface area contributed by atoms with Crippen LogP contribution < -0.4 is 5.32 Å². The summed E-state index contributed by atoms with van der Waals surface area (Å²) in [4.78, 5) is 20.7. The van der Waals surface area contributed by atoms with Crippen molar-refractivity contribution in [3.63, 3.8) is 0 Å². The molecule has 1 atom stereocenters. The maximum Gasteiger partial charge on any atom is 0.225 e. The van der Waals surface area contributed by atoms with E-state index in [1.54, 1.807) is 17.4 Å². The van der Waals surface area contributed by atoms with Crippen molar-refractivity contribution in [2.75, 3.05) is 18.4 Å². The summed E-state index contributed by atoms with van der Waals surface area (Å²) in [5.41, 5.74) is 1.72. The van der Waals surface area contributed by atoms with E-state index in [1.165, 1.54) is 18.6 Å². The highest BCUT2D eigenvalue weighted by Gasteiger charge is 2.34. The fourth-order valence-electron chi connectivity index (χ4n) is 4.21. The van der Waals surface area contributed by atoms with Crippen LogP contribution in [0.1, 0.15) is 43.7 Å². The number of piperidine rings is 1. The molecule has 3 heterocycles. The van der Waals surface area contributed by atoms with Crippen molar-refractivity contribution < 1.29 is 9.18 Å². The van der Waals surface area contributed by atoms with Crippen LogP contribution >= 0.6 is 11.3 Å². The zero-order valence-corrected chi connectivity index (χ0v) is 16.4. The Balaban J connectivity index is 1.41. The maximum absolute atomic E-state index is 13.5. The fourth-order valence-corrected chi connectivity index (χ4v) is 5.12. The topological polar surface area (TPSA) is 49.6 Å². The van der Waals surface area contributed by atoms with Crippen LogP contribution in [0, 0.1) is 11.7 Å². The summed E-state index contributed by atoms with van der Waals surface area (Å²) >= 11 is 1.66. The van der Waals surface area contributed by atoms with Gasteiger partial charge in [0.2, 0.25) is 11.9 Å². The number of nitrogens with zero attached hydrogens (tertiary/aromatic N) is 3. The van der Waals surface area contributed by atoms with Gasteiger partial charge in [-0.1, -0.05) is 12.5 Å². The summed E-state index contributed by atoms with van der Waals surface area (Å²) in [6.45, 7) is 1.61. The van der Waals surface area contributed by atoms with Gasteiger partial charge in [-0.25, -0.2) is 9.37 Å². The number of amides is 1. The minimum Gasteiger partial charge on any atom is -0.342 e. The van der Waals surface area contributed by atoms with Gasteiger partial charge in [0, 0.05) is 42.2 Å². The number of likely N-dealkylation sites (tertiary alicyclic amines) is 1. The van der Waals surface area contributed by atoms with Crippen LogP contribution in [0.4, 0.5) is 16.0 Å². The SMILES string of the molecule is O=C(C1CCC1)N1CCCC(c2nc(Nc3cccc(F)c3)n3ccsc23)C1. The van der Waals surface area contributed by atoms with Crippen molar-refractivity contribution in [2.45, 2.75) is 38.0 Å². The number of carbonyl (C=O) groups is 1. The lowest BCUT2D eigenvalue weighted by Gasteiger charge is -2.36. The molecule has 1 saturated carbocycles. The van der Waals surface area contributed by atoms with Crippen LogP contribution in [0.3, 0.4) is 0 Å². The number of hydrogen-bond donors (Lipinski definition) is 1. The second kappa shape index (κ2) is 7.20. The molecule has 2 aliphatic rings. The van der Waals surface area contributed by atoms with Gasteiger partial charge in [0.15, 0.2) is 0 Å². The molecule has 1 unspecified atom stereocenters. The molecule has 1 amide bonds. The summed E-state index contributed by atoms with van der Waals surface area (Å²) in [5.74, 6) is 1.23. The molecule has 1 saturated heterocycles. The third-order valence-electron chi connectivity index (χ3n) is 5.94. The number of aromatic nitrogens is 2. The third-order valence-corrected chi connectivity index (χ3v) is 6.82. The zero-order chi connectivity index (χ0) is 19.1. The number of thiazole rings is 1. The summed E-state index contributed by atoms with van der Waals surface area (Å²) in [6, 6.07) is 6.41. The molecule has 3 aromatic rings. The molecule has 1 aliphatic carbocycles. The van der Waals surface area contributed by atoms with Gasteiger partial charge in [0.25, 0.3) is 0 Å². The van der Waals surface area contributed by atoms with Gasteiger partial charge >= 0.3 is 0 Å². The van der Waals surface area contributed by atoms with Crippen LogP contribution in [-0.2, 0) is 4.79 Å². The molecule has 28 heavy (non-hydrogen) atoms.